The fourth-order valence-corrected chi connectivity index (χ4v) is 6.30. The van der Waals surface area contributed by atoms with Gasteiger partial charge in [0.1, 0.15) is 5.82 Å². The summed E-state index contributed by atoms with van der Waals surface area (Å²) in [6, 6.07) is 9.58. The van der Waals surface area contributed by atoms with Gasteiger partial charge < -0.3 is 25.8 Å². The number of nitrogens with zero attached hydrogens (tertiary/aromatic N) is 3. The Morgan fingerprint density at radius 3 is 2.53 bits per heavy atom. The third kappa shape index (κ3) is 4.37. The molecule has 2 fully saturated rings. The molecule has 38 heavy (non-hydrogen) atoms. The van der Waals surface area contributed by atoms with Gasteiger partial charge in [0.2, 0.25) is 17.7 Å². The van der Waals surface area contributed by atoms with Gasteiger partial charge in [-0.3, -0.25) is 14.4 Å². The van der Waals surface area contributed by atoms with E-state index in [1.165, 1.54) is 0 Å². The van der Waals surface area contributed by atoms with E-state index in [2.05, 4.69) is 20.9 Å². The van der Waals surface area contributed by atoms with Crippen LogP contribution in [0.4, 0.5) is 16.3 Å². The van der Waals surface area contributed by atoms with Gasteiger partial charge in [-0.25, -0.2) is 9.78 Å². The van der Waals surface area contributed by atoms with E-state index >= 15 is 0 Å². The van der Waals surface area contributed by atoms with Gasteiger partial charge in [0.05, 0.1) is 12.0 Å². The van der Waals surface area contributed by atoms with Gasteiger partial charge in [-0.2, -0.15) is 0 Å². The summed E-state index contributed by atoms with van der Waals surface area (Å²) >= 11 is 0. The standard InChI is InChI=1S/C28H32N6O4/c35-23(17-30-25(36)18-7-12-34(13-8-18)27(38)33-10-1-2-11-33)31-21-6-5-19-15-28(16-20(19)14-21)22-4-3-9-29-24(22)32-26(28)37/h3-6,9,14,18H,1-2,7-8,10-13,15-17H2,(H,30,36)(H,31,35)(H,29,32,37). The molecule has 198 valence electrons. The number of amides is 5. The number of benzene rings is 1. The fraction of sp³-hybridized carbons (Fsp3) is 0.464. The Labute approximate surface area is 221 Å². The van der Waals surface area contributed by atoms with Crippen LogP contribution in [0.25, 0.3) is 0 Å². The number of hydrogen-bond acceptors (Lipinski definition) is 5. The molecule has 1 aromatic carbocycles. The van der Waals surface area contributed by atoms with Crippen LogP contribution in [0.2, 0.25) is 0 Å². The number of aromatic nitrogens is 1. The molecule has 0 saturated carbocycles. The Morgan fingerprint density at radius 1 is 1.00 bits per heavy atom. The van der Waals surface area contributed by atoms with Crippen molar-refractivity contribution in [3.63, 3.8) is 0 Å². The van der Waals surface area contributed by atoms with Crippen molar-refractivity contribution >= 4 is 35.3 Å². The molecule has 4 aliphatic rings. The van der Waals surface area contributed by atoms with Crippen molar-refractivity contribution in [3.8, 4) is 0 Å². The van der Waals surface area contributed by atoms with Crippen LogP contribution in [0.5, 0.6) is 0 Å². The first-order valence-corrected chi connectivity index (χ1v) is 13.4. The van der Waals surface area contributed by atoms with Crippen LogP contribution in [-0.2, 0) is 32.6 Å². The average Bonchev–Trinajstić information content (AvgIpc) is 3.66. The van der Waals surface area contributed by atoms with E-state index < -0.39 is 5.41 Å². The highest BCUT2D eigenvalue weighted by atomic mass is 16.2. The molecular formula is C28H32N6O4. The molecule has 3 aliphatic heterocycles. The van der Waals surface area contributed by atoms with Gasteiger partial charge in [0.25, 0.3) is 0 Å². The summed E-state index contributed by atoms with van der Waals surface area (Å²) in [4.78, 5) is 58.7. The van der Waals surface area contributed by atoms with Crippen LogP contribution < -0.4 is 16.0 Å². The maximum absolute atomic E-state index is 12.9. The maximum Gasteiger partial charge on any atom is 0.319 e. The number of likely N-dealkylation sites (tertiary alicyclic amines) is 2. The highest BCUT2D eigenvalue weighted by Crippen LogP contribution is 2.46. The minimum absolute atomic E-state index is 0.0399. The van der Waals surface area contributed by atoms with E-state index in [0.717, 1.165) is 42.6 Å². The van der Waals surface area contributed by atoms with Crippen molar-refractivity contribution in [2.24, 2.45) is 5.92 Å². The lowest BCUT2D eigenvalue weighted by atomic mass is 9.79. The first kappa shape index (κ1) is 24.4. The van der Waals surface area contributed by atoms with Crippen molar-refractivity contribution in [2.75, 3.05) is 43.4 Å². The minimum atomic E-state index is -0.656. The zero-order valence-electron chi connectivity index (χ0n) is 21.3. The molecule has 2 saturated heterocycles. The molecule has 6 rings (SSSR count). The predicted octanol–water partition coefficient (Wildman–Crippen LogP) is 2.05. The second-order valence-corrected chi connectivity index (χ2v) is 10.8. The van der Waals surface area contributed by atoms with Gasteiger partial charge >= 0.3 is 6.03 Å². The fourth-order valence-electron chi connectivity index (χ4n) is 6.30. The quantitative estimate of drug-likeness (QED) is 0.574. The number of nitrogens with one attached hydrogen (secondary N) is 3. The van der Waals surface area contributed by atoms with E-state index in [0.29, 0.717) is 50.3 Å². The van der Waals surface area contributed by atoms with Gasteiger partial charge in [-0.05, 0) is 67.9 Å². The van der Waals surface area contributed by atoms with Crippen molar-refractivity contribution in [2.45, 2.75) is 43.9 Å². The summed E-state index contributed by atoms with van der Waals surface area (Å²) in [6.45, 7) is 2.65. The van der Waals surface area contributed by atoms with Crippen molar-refractivity contribution in [3.05, 3.63) is 53.2 Å². The van der Waals surface area contributed by atoms with Gasteiger partial charge in [-0.1, -0.05) is 12.1 Å². The molecule has 4 heterocycles. The van der Waals surface area contributed by atoms with E-state index in [1.807, 2.05) is 40.1 Å². The summed E-state index contributed by atoms with van der Waals surface area (Å²) in [6.07, 6.45) is 6.14. The Hall–Kier alpha value is -3.95. The van der Waals surface area contributed by atoms with Gasteiger partial charge in [0, 0.05) is 49.5 Å². The van der Waals surface area contributed by atoms with Crippen molar-refractivity contribution in [1.82, 2.24) is 20.1 Å². The summed E-state index contributed by atoms with van der Waals surface area (Å²) in [5, 5.41) is 8.53. The number of rotatable bonds is 4. The molecule has 1 aliphatic carbocycles. The Morgan fingerprint density at radius 2 is 1.74 bits per heavy atom. The summed E-state index contributed by atoms with van der Waals surface area (Å²) < 4.78 is 0. The molecular weight excluding hydrogens is 484 g/mol. The SMILES string of the molecule is O=C(CNC(=O)C1CCN(C(=O)N2CCCC2)CC1)Nc1ccc2c(c1)CC1(C2)C(=O)Nc2ncccc21. The Balaban J connectivity index is 1.000. The highest BCUT2D eigenvalue weighted by Gasteiger charge is 2.51. The zero-order valence-corrected chi connectivity index (χ0v) is 21.3. The summed E-state index contributed by atoms with van der Waals surface area (Å²) in [5.41, 5.74) is 3.00. The predicted molar refractivity (Wildman–Crippen MR) is 141 cm³/mol. The smallest absolute Gasteiger partial charge is 0.319 e. The lowest BCUT2D eigenvalue weighted by Crippen LogP contribution is -2.48. The zero-order chi connectivity index (χ0) is 26.3. The number of carbonyl (C=O) groups is 4. The van der Waals surface area contributed by atoms with Crippen molar-refractivity contribution < 1.29 is 19.2 Å². The molecule has 3 N–H and O–H groups in total. The van der Waals surface area contributed by atoms with Crippen LogP contribution in [0, 0.1) is 5.92 Å². The van der Waals surface area contributed by atoms with Gasteiger partial charge in [0.15, 0.2) is 0 Å². The molecule has 10 heteroatoms. The van der Waals surface area contributed by atoms with E-state index in [-0.39, 0.29) is 36.2 Å². The third-order valence-electron chi connectivity index (χ3n) is 8.40. The van der Waals surface area contributed by atoms with E-state index in [4.69, 9.17) is 0 Å². The first-order valence-electron chi connectivity index (χ1n) is 13.4. The summed E-state index contributed by atoms with van der Waals surface area (Å²) in [7, 11) is 0. The second-order valence-electron chi connectivity index (χ2n) is 10.8. The van der Waals surface area contributed by atoms with E-state index in [1.54, 1.807) is 6.20 Å². The number of fused-ring (bicyclic) bond motifs is 3. The van der Waals surface area contributed by atoms with E-state index in [9.17, 15) is 19.2 Å². The average molecular weight is 517 g/mol. The first-order chi connectivity index (χ1) is 18.4. The minimum Gasteiger partial charge on any atom is -0.347 e. The topological polar surface area (TPSA) is 124 Å². The Bertz CT molecular complexity index is 1300. The normalized spacial score (nSPS) is 22.3. The molecule has 1 atom stereocenters. The van der Waals surface area contributed by atoms with Crippen LogP contribution in [-0.4, -0.2) is 71.3 Å². The molecule has 2 aromatic rings. The largest absolute Gasteiger partial charge is 0.347 e. The van der Waals surface area contributed by atoms with Gasteiger partial charge in [-0.15, -0.1) is 0 Å². The number of urea groups is 1. The highest BCUT2D eigenvalue weighted by molar-refractivity contribution is 6.06. The number of piperidine rings is 1. The number of anilines is 2. The Kier molecular flexibility index (Phi) is 6.25. The van der Waals surface area contributed by atoms with Crippen LogP contribution in [0.3, 0.4) is 0 Å². The maximum atomic E-state index is 12.9. The second kappa shape index (κ2) is 9.74. The molecule has 1 spiro atoms. The lowest BCUT2D eigenvalue weighted by Gasteiger charge is -2.34. The number of carbonyl (C=O) groups excluding carboxylic acids is 4. The number of hydrogen-bond donors (Lipinski definition) is 3. The van der Waals surface area contributed by atoms with Crippen LogP contribution in [0.15, 0.2) is 36.5 Å². The molecule has 10 nitrogen and oxygen atoms in total. The summed E-state index contributed by atoms with van der Waals surface area (Å²) in [5.74, 6) is -0.0680. The molecule has 0 radical (unpaired) electrons. The molecule has 1 unspecified atom stereocenters. The molecule has 5 amide bonds. The van der Waals surface area contributed by atoms with Crippen LogP contribution in [0.1, 0.15) is 42.4 Å². The molecule has 0 bridgehead atoms. The molecule has 1 aromatic heterocycles. The van der Waals surface area contributed by atoms with Crippen LogP contribution >= 0.6 is 0 Å². The lowest BCUT2D eigenvalue weighted by molar-refractivity contribution is -0.128. The number of pyridine rings is 1. The monoisotopic (exact) mass is 516 g/mol. The van der Waals surface area contributed by atoms with Crippen molar-refractivity contribution in [1.29, 1.82) is 0 Å². The third-order valence-corrected chi connectivity index (χ3v) is 8.40.